The zero-order chi connectivity index (χ0) is 24.9. The quantitative estimate of drug-likeness (QED) is 0.517. The van der Waals surface area contributed by atoms with Gasteiger partial charge in [0.2, 0.25) is 5.91 Å². The van der Waals surface area contributed by atoms with Gasteiger partial charge in [0.1, 0.15) is 6.42 Å². The number of halogens is 6. The van der Waals surface area contributed by atoms with Crippen molar-refractivity contribution in [2.45, 2.75) is 63.3 Å². The van der Waals surface area contributed by atoms with Crippen molar-refractivity contribution < 1.29 is 31.1 Å². The van der Waals surface area contributed by atoms with Crippen LogP contribution in [0.25, 0.3) is 5.57 Å². The molecule has 0 radical (unpaired) electrons. The van der Waals surface area contributed by atoms with E-state index in [1.807, 2.05) is 6.07 Å². The minimum absolute atomic E-state index is 0.0291. The minimum atomic E-state index is -4.85. The zero-order valence-corrected chi connectivity index (χ0v) is 18.6. The highest BCUT2D eigenvalue weighted by Gasteiger charge is 2.37. The minimum Gasteiger partial charge on any atom is -0.352 e. The van der Waals surface area contributed by atoms with Crippen LogP contribution in [0.4, 0.5) is 26.3 Å². The number of carbonyl (C=O) groups is 1. The topological polar surface area (TPSA) is 56.1 Å². The van der Waals surface area contributed by atoms with Crippen LogP contribution in [-0.2, 0) is 17.1 Å². The van der Waals surface area contributed by atoms with Crippen LogP contribution in [0.1, 0.15) is 61.6 Å². The predicted octanol–water partition coefficient (Wildman–Crippen LogP) is 5.79. The Kier molecular flexibility index (Phi) is 8.29. The largest absolute Gasteiger partial charge is 0.416 e. The third-order valence-corrected chi connectivity index (χ3v) is 6.56. The van der Waals surface area contributed by atoms with Gasteiger partial charge in [-0.05, 0) is 80.3 Å². The van der Waals surface area contributed by atoms with Crippen LogP contribution in [-0.4, -0.2) is 36.5 Å². The van der Waals surface area contributed by atoms with Crippen LogP contribution in [0.15, 0.2) is 24.3 Å². The molecule has 1 aromatic rings. The van der Waals surface area contributed by atoms with Crippen LogP contribution < -0.4 is 5.32 Å². The van der Waals surface area contributed by atoms with Crippen molar-refractivity contribution in [1.82, 2.24) is 10.2 Å². The summed E-state index contributed by atoms with van der Waals surface area (Å²) in [5.74, 6) is 0.261. The number of nitrogens with one attached hydrogen (secondary N) is 1. The van der Waals surface area contributed by atoms with Gasteiger partial charge in [-0.3, -0.25) is 9.69 Å². The summed E-state index contributed by atoms with van der Waals surface area (Å²) in [6.07, 6.45) is -3.12. The third kappa shape index (κ3) is 7.23. The van der Waals surface area contributed by atoms with Crippen LogP contribution in [0.2, 0.25) is 0 Å². The van der Waals surface area contributed by atoms with Crippen molar-refractivity contribution >= 4 is 11.5 Å². The Morgan fingerprint density at radius 2 is 1.65 bits per heavy atom. The van der Waals surface area contributed by atoms with E-state index in [9.17, 15) is 31.1 Å². The summed E-state index contributed by atoms with van der Waals surface area (Å²) in [5.41, 5.74) is -2.11. The number of benzene rings is 1. The molecule has 1 heterocycles. The second kappa shape index (κ2) is 10.8. The molecule has 1 aliphatic heterocycles. The highest BCUT2D eigenvalue weighted by Crippen LogP contribution is 2.38. The third-order valence-electron chi connectivity index (χ3n) is 6.56. The van der Waals surface area contributed by atoms with E-state index < -0.39 is 23.5 Å². The zero-order valence-electron chi connectivity index (χ0n) is 18.6. The number of nitrogens with zero attached hydrogens (tertiary/aromatic N) is 2. The maximum atomic E-state index is 13.1. The molecule has 186 valence electrons. The first-order valence-corrected chi connectivity index (χ1v) is 11.3. The van der Waals surface area contributed by atoms with E-state index in [4.69, 9.17) is 5.26 Å². The molecule has 34 heavy (non-hydrogen) atoms. The number of amides is 1. The Morgan fingerprint density at radius 3 is 2.15 bits per heavy atom. The molecule has 4 nitrogen and oxygen atoms in total. The molecule has 10 heteroatoms. The van der Waals surface area contributed by atoms with Gasteiger partial charge in [0, 0.05) is 19.1 Å². The normalized spacial score (nSPS) is 22.1. The molecule has 1 fully saturated rings. The monoisotopic (exact) mass is 487 g/mol. The molecule has 1 aliphatic carbocycles. The summed E-state index contributed by atoms with van der Waals surface area (Å²) in [7, 11) is 0. The second-order valence-corrected chi connectivity index (χ2v) is 8.98. The second-order valence-electron chi connectivity index (χ2n) is 8.98. The molecule has 0 saturated heterocycles. The van der Waals surface area contributed by atoms with Crippen molar-refractivity contribution in [3.05, 3.63) is 41.0 Å². The van der Waals surface area contributed by atoms with Crippen LogP contribution in [0.3, 0.4) is 0 Å². The summed E-state index contributed by atoms with van der Waals surface area (Å²) in [4.78, 5) is 13.7. The lowest BCUT2D eigenvalue weighted by molar-refractivity contribution is -0.143. The Labute approximate surface area is 194 Å². The van der Waals surface area contributed by atoms with Gasteiger partial charge in [-0.2, -0.15) is 31.6 Å². The predicted molar refractivity (Wildman–Crippen MR) is 114 cm³/mol. The van der Waals surface area contributed by atoms with Gasteiger partial charge in [0.05, 0.1) is 17.2 Å². The smallest absolute Gasteiger partial charge is 0.352 e. The fourth-order valence-corrected chi connectivity index (χ4v) is 4.63. The summed E-state index contributed by atoms with van der Waals surface area (Å²) in [6.45, 7) is 1.85. The maximum absolute atomic E-state index is 13.1. The fraction of sp³-hybridized carbons (Fsp3) is 0.583. The molecule has 1 amide bonds. The van der Waals surface area contributed by atoms with Crippen molar-refractivity contribution in [3.8, 4) is 6.07 Å². The van der Waals surface area contributed by atoms with Gasteiger partial charge >= 0.3 is 12.4 Å². The first-order valence-electron chi connectivity index (χ1n) is 11.3. The van der Waals surface area contributed by atoms with E-state index in [-0.39, 0.29) is 30.0 Å². The standard InChI is InChI=1S/C24H27F6N3O/c25-23(26,27)19-13-18(14-20(15-19)24(28,29)30)17-7-11-33(12-8-17)10-6-16-1-3-21(4-2-16)32-22(34)5-9-31/h7,13-16,21H,1-6,8,10-12H2,(H,32,34). The molecule has 0 unspecified atom stereocenters. The van der Waals surface area contributed by atoms with Crippen molar-refractivity contribution in [1.29, 1.82) is 5.26 Å². The average Bonchev–Trinajstić information content (AvgIpc) is 2.78. The Hall–Kier alpha value is -2.54. The summed E-state index contributed by atoms with van der Waals surface area (Å²) < 4.78 is 78.8. The van der Waals surface area contributed by atoms with Gasteiger partial charge in [-0.25, -0.2) is 0 Å². The summed E-state index contributed by atoms with van der Waals surface area (Å²) in [5, 5.41) is 11.4. The number of alkyl halides is 6. The molecule has 1 aromatic carbocycles. The van der Waals surface area contributed by atoms with E-state index >= 15 is 0 Å². The number of hydrogen-bond acceptors (Lipinski definition) is 3. The van der Waals surface area contributed by atoms with E-state index in [1.165, 1.54) is 0 Å². The molecule has 0 aromatic heterocycles. The summed E-state index contributed by atoms with van der Waals surface area (Å²) in [6, 6.07) is 3.68. The van der Waals surface area contributed by atoms with Crippen LogP contribution >= 0.6 is 0 Å². The van der Waals surface area contributed by atoms with E-state index in [0.717, 1.165) is 50.8 Å². The number of hydrogen-bond donors (Lipinski definition) is 1. The lowest BCUT2D eigenvalue weighted by Gasteiger charge is -2.32. The maximum Gasteiger partial charge on any atom is 0.416 e. The van der Waals surface area contributed by atoms with E-state index in [2.05, 4.69) is 10.2 Å². The van der Waals surface area contributed by atoms with Crippen molar-refractivity contribution in [3.63, 3.8) is 0 Å². The Balaban J connectivity index is 1.53. The fourth-order valence-electron chi connectivity index (χ4n) is 4.63. The molecule has 3 rings (SSSR count). The van der Waals surface area contributed by atoms with Gasteiger partial charge < -0.3 is 5.32 Å². The van der Waals surface area contributed by atoms with E-state index in [0.29, 0.717) is 31.0 Å². The molecule has 2 aliphatic rings. The van der Waals surface area contributed by atoms with Crippen LogP contribution in [0, 0.1) is 17.2 Å². The SMILES string of the molecule is N#CCC(=O)NC1CCC(CCN2CC=C(c3cc(C(F)(F)F)cc(C(F)(F)F)c3)CC2)CC1. The molecule has 0 atom stereocenters. The average molecular weight is 487 g/mol. The lowest BCUT2D eigenvalue weighted by Crippen LogP contribution is -2.38. The van der Waals surface area contributed by atoms with Gasteiger partial charge in [0.25, 0.3) is 0 Å². The van der Waals surface area contributed by atoms with Crippen LogP contribution in [0.5, 0.6) is 0 Å². The number of carbonyl (C=O) groups excluding carboxylic acids is 1. The lowest BCUT2D eigenvalue weighted by atomic mass is 9.84. The van der Waals surface area contributed by atoms with Gasteiger partial charge in [-0.1, -0.05) is 6.08 Å². The first-order chi connectivity index (χ1) is 16.0. The van der Waals surface area contributed by atoms with Gasteiger partial charge in [-0.15, -0.1) is 0 Å². The van der Waals surface area contributed by atoms with Gasteiger partial charge in [0.15, 0.2) is 0 Å². The number of rotatable bonds is 6. The van der Waals surface area contributed by atoms with Crippen molar-refractivity contribution in [2.75, 3.05) is 19.6 Å². The molecule has 1 N–H and O–H groups in total. The Morgan fingerprint density at radius 1 is 1.03 bits per heavy atom. The van der Waals surface area contributed by atoms with E-state index in [1.54, 1.807) is 6.08 Å². The number of nitriles is 1. The molecule has 0 spiro atoms. The highest BCUT2D eigenvalue weighted by molar-refractivity contribution is 5.78. The first kappa shape index (κ1) is 26.1. The highest BCUT2D eigenvalue weighted by atomic mass is 19.4. The van der Waals surface area contributed by atoms with Crippen molar-refractivity contribution in [2.24, 2.45) is 5.92 Å². The molecular weight excluding hydrogens is 460 g/mol. The Bertz CT molecular complexity index is 907. The summed E-state index contributed by atoms with van der Waals surface area (Å²) >= 11 is 0. The molecule has 1 saturated carbocycles. The molecule has 0 bridgehead atoms. The molecular formula is C24H27F6N3O.